The van der Waals surface area contributed by atoms with Crippen molar-refractivity contribution in [2.75, 3.05) is 5.32 Å². The van der Waals surface area contributed by atoms with Crippen LogP contribution in [0.15, 0.2) is 42.7 Å². The molecule has 1 fully saturated rings. The third-order valence-electron chi connectivity index (χ3n) is 6.90. The van der Waals surface area contributed by atoms with Crippen LogP contribution in [0.3, 0.4) is 0 Å². The van der Waals surface area contributed by atoms with Crippen LogP contribution in [0.25, 0.3) is 16.6 Å². The second kappa shape index (κ2) is 6.59. The molecule has 4 rings (SSSR count). The SMILES string of the molecule is Cc1ccc(-c2cc3c(N[C@@H]4CC[C@](C)(N)C4(C)C)c(C(N)=O)cnn3c2)cc1. The zero-order valence-corrected chi connectivity index (χ0v) is 17.5. The van der Waals surface area contributed by atoms with Gasteiger partial charge in [0.15, 0.2) is 0 Å². The summed E-state index contributed by atoms with van der Waals surface area (Å²) in [5, 5.41) is 8.03. The molecule has 0 unspecified atom stereocenters. The van der Waals surface area contributed by atoms with E-state index in [1.807, 2.05) is 6.20 Å². The van der Waals surface area contributed by atoms with Gasteiger partial charge < -0.3 is 16.8 Å². The number of nitrogens with one attached hydrogen (secondary N) is 1. The molecule has 5 N–H and O–H groups in total. The maximum Gasteiger partial charge on any atom is 0.252 e. The Bertz CT molecular complexity index is 1080. The molecule has 1 aromatic carbocycles. The Hall–Kier alpha value is -2.86. The fourth-order valence-corrected chi connectivity index (χ4v) is 4.25. The van der Waals surface area contributed by atoms with Crippen molar-refractivity contribution in [3.8, 4) is 11.1 Å². The molecule has 2 atom stereocenters. The number of hydrogen-bond acceptors (Lipinski definition) is 4. The van der Waals surface area contributed by atoms with Crippen molar-refractivity contribution in [2.45, 2.75) is 52.1 Å². The van der Waals surface area contributed by atoms with E-state index >= 15 is 0 Å². The summed E-state index contributed by atoms with van der Waals surface area (Å²) in [7, 11) is 0. The lowest BCUT2D eigenvalue weighted by Gasteiger charge is -2.39. The third kappa shape index (κ3) is 3.17. The van der Waals surface area contributed by atoms with E-state index in [9.17, 15) is 4.79 Å². The molecule has 1 amide bonds. The van der Waals surface area contributed by atoms with Crippen molar-refractivity contribution < 1.29 is 4.79 Å². The van der Waals surface area contributed by atoms with Crippen LogP contribution in [0.4, 0.5) is 5.69 Å². The third-order valence-corrected chi connectivity index (χ3v) is 6.90. The number of hydrogen-bond donors (Lipinski definition) is 3. The van der Waals surface area contributed by atoms with E-state index in [-0.39, 0.29) is 17.0 Å². The average Bonchev–Trinajstić information content (AvgIpc) is 3.17. The first-order chi connectivity index (χ1) is 13.6. The minimum atomic E-state index is -0.494. The van der Waals surface area contributed by atoms with Crippen molar-refractivity contribution in [2.24, 2.45) is 16.9 Å². The number of amides is 1. The van der Waals surface area contributed by atoms with Crippen LogP contribution in [0, 0.1) is 12.3 Å². The second-order valence-corrected chi connectivity index (χ2v) is 9.10. The predicted molar refractivity (Wildman–Crippen MR) is 117 cm³/mol. The molecule has 0 saturated heterocycles. The monoisotopic (exact) mass is 391 g/mol. The van der Waals surface area contributed by atoms with Crippen LogP contribution in [0.5, 0.6) is 0 Å². The Balaban J connectivity index is 1.82. The van der Waals surface area contributed by atoms with Gasteiger partial charge in [-0.2, -0.15) is 5.10 Å². The minimum Gasteiger partial charge on any atom is -0.379 e. The molecule has 0 bridgehead atoms. The lowest BCUT2D eigenvalue weighted by molar-refractivity contribution is 0.100. The van der Waals surface area contributed by atoms with Crippen LogP contribution in [0.2, 0.25) is 0 Å². The lowest BCUT2D eigenvalue weighted by atomic mass is 9.75. The molecule has 3 aromatic rings. The molecule has 152 valence electrons. The number of primary amides is 1. The first kappa shape index (κ1) is 19.5. The Kier molecular flexibility index (Phi) is 4.42. The number of fused-ring (bicyclic) bond motifs is 1. The van der Waals surface area contributed by atoms with Gasteiger partial charge in [0.25, 0.3) is 5.91 Å². The molecule has 29 heavy (non-hydrogen) atoms. The summed E-state index contributed by atoms with van der Waals surface area (Å²) >= 11 is 0. The van der Waals surface area contributed by atoms with Crippen molar-refractivity contribution >= 4 is 17.1 Å². The minimum absolute atomic E-state index is 0.125. The average molecular weight is 392 g/mol. The van der Waals surface area contributed by atoms with Crippen LogP contribution in [0.1, 0.15) is 49.5 Å². The normalized spacial score (nSPS) is 23.4. The summed E-state index contributed by atoms with van der Waals surface area (Å²) < 4.78 is 1.80. The quantitative estimate of drug-likeness (QED) is 0.631. The maximum absolute atomic E-state index is 12.2. The van der Waals surface area contributed by atoms with Gasteiger partial charge in [-0.25, -0.2) is 4.52 Å². The van der Waals surface area contributed by atoms with Gasteiger partial charge in [0, 0.05) is 28.8 Å². The fourth-order valence-electron chi connectivity index (χ4n) is 4.25. The highest BCUT2D eigenvalue weighted by Crippen LogP contribution is 2.46. The lowest BCUT2D eigenvalue weighted by Crippen LogP contribution is -2.51. The maximum atomic E-state index is 12.2. The summed E-state index contributed by atoms with van der Waals surface area (Å²) in [6, 6.07) is 10.5. The molecule has 0 aliphatic heterocycles. The molecule has 6 heteroatoms. The molecule has 1 aliphatic carbocycles. The standard InChI is InChI=1S/C23H29N5O/c1-14-5-7-15(8-6-14)16-11-18-20(17(21(24)29)12-26-28(18)13-16)27-19-9-10-23(4,25)22(19,2)3/h5-8,11-13,19,27H,9-10,25H2,1-4H3,(H2,24,29)/t19-,23+/m1/s1. The summed E-state index contributed by atoms with van der Waals surface area (Å²) in [5.74, 6) is -0.494. The van der Waals surface area contributed by atoms with Crippen LogP contribution in [-0.2, 0) is 0 Å². The zero-order chi connectivity index (χ0) is 21.0. The van der Waals surface area contributed by atoms with Gasteiger partial charge in [0.1, 0.15) is 0 Å². The van der Waals surface area contributed by atoms with E-state index in [0.29, 0.717) is 5.56 Å². The smallest absolute Gasteiger partial charge is 0.252 e. The highest BCUT2D eigenvalue weighted by molar-refractivity contribution is 6.02. The van der Waals surface area contributed by atoms with E-state index < -0.39 is 5.91 Å². The zero-order valence-electron chi connectivity index (χ0n) is 17.5. The molecule has 0 spiro atoms. The fraction of sp³-hybridized carbons (Fsp3) is 0.391. The van der Waals surface area contributed by atoms with Crippen LogP contribution < -0.4 is 16.8 Å². The molecule has 2 aromatic heterocycles. The molecule has 1 saturated carbocycles. The van der Waals surface area contributed by atoms with Gasteiger partial charge >= 0.3 is 0 Å². The number of rotatable bonds is 4. The summed E-state index contributed by atoms with van der Waals surface area (Å²) in [6.45, 7) is 8.52. The van der Waals surface area contributed by atoms with Gasteiger partial charge in [-0.3, -0.25) is 4.79 Å². The first-order valence-corrected chi connectivity index (χ1v) is 10.0. The number of carbonyl (C=O) groups is 1. The molecule has 2 heterocycles. The molecular weight excluding hydrogens is 362 g/mol. The number of aryl methyl sites for hydroxylation is 1. The number of benzene rings is 1. The van der Waals surface area contributed by atoms with Crippen LogP contribution >= 0.6 is 0 Å². The number of carbonyl (C=O) groups excluding carboxylic acids is 1. The molecule has 0 radical (unpaired) electrons. The highest BCUT2D eigenvalue weighted by Gasteiger charge is 2.49. The highest BCUT2D eigenvalue weighted by atomic mass is 16.1. The second-order valence-electron chi connectivity index (χ2n) is 9.10. The first-order valence-electron chi connectivity index (χ1n) is 10.0. The van der Waals surface area contributed by atoms with E-state index in [0.717, 1.165) is 35.2 Å². The molecular formula is C23H29N5O. The Morgan fingerprint density at radius 3 is 2.48 bits per heavy atom. The van der Waals surface area contributed by atoms with Crippen molar-refractivity contribution in [1.29, 1.82) is 0 Å². The topological polar surface area (TPSA) is 98.4 Å². The van der Waals surface area contributed by atoms with Gasteiger partial charge in [-0.1, -0.05) is 43.7 Å². The number of anilines is 1. The number of nitrogens with zero attached hydrogens (tertiary/aromatic N) is 2. The predicted octanol–water partition coefficient (Wildman–Crippen LogP) is 3.73. The Labute approximate surface area is 171 Å². The van der Waals surface area contributed by atoms with E-state index in [1.54, 1.807) is 10.7 Å². The van der Waals surface area contributed by atoms with Gasteiger partial charge in [-0.05, 0) is 38.3 Å². The molecule has 6 nitrogen and oxygen atoms in total. The number of aromatic nitrogens is 2. The van der Waals surface area contributed by atoms with E-state index in [2.05, 4.69) is 68.4 Å². The largest absolute Gasteiger partial charge is 0.379 e. The van der Waals surface area contributed by atoms with Crippen LogP contribution in [-0.4, -0.2) is 27.1 Å². The van der Waals surface area contributed by atoms with Gasteiger partial charge in [0.2, 0.25) is 0 Å². The Morgan fingerprint density at radius 1 is 1.21 bits per heavy atom. The van der Waals surface area contributed by atoms with Crippen molar-refractivity contribution in [3.05, 3.63) is 53.9 Å². The number of nitrogens with two attached hydrogens (primary N) is 2. The summed E-state index contributed by atoms with van der Waals surface area (Å²) in [5.41, 5.74) is 17.1. The van der Waals surface area contributed by atoms with Crippen molar-refractivity contribution in [3.63, 3.8) is 0 Å². The summed E-state index contributed by atoms with van der Waals surface area (Å²) in [6.07, 6.45) is 5.36. The van der Waals surface area contributed by atoms with E-state index in [4.69, 9.17) is 11.5 Å². The van der Waals surface area contributed by atoms with Gasteiger partial charge in [-0.15, -0.1) is 0 Å². The van der Waals surface area contributed by atoms with Gasteiger partial charge in [0.05, 0.1) is 23.0 Å². The van der Waals surface area contributed by atoms with E-state index in [1.165, 1.54) is 5.56 Å². The summed E-state index contributed by atoms with van der Waals surface area (Å²) in [4.78, 5) is 12.2. The molecule has 1 aliphatic rings. The van der Waals surface area contributed by atoms with Crippen molar-refractivity contribution in [1.82, 2.24) is 9.61 Å². The Morgan fingerprint density at radius 2 is 1.90 bits per heavy atom.